The molecule has 35 heavy (non-hydrogen) atoms. The highest BCUT2D eigenvalue weighted by molar-refractivity contribution is 6.11. The summed E-state index contributed by atoms with van der Waals surface area (Å²) in [6.07, 6.45) is 5.21. The maximum Gasteiger partial charge on any atom is 0.356 e. The van der Waals surface area contributed by atoms with Gasteiger partial charge in [0.25, 0.3) is 0 Å². The third-order valence-corrected chi connectivity index (χ3v) is 6.10. The number of carbonyl (C=O) groups is 2. The van der Waals surface area contributed by atoms with Crippen LogP contribution in [0.4, 0.5) is 11.4 Å². The summed E-state index contributed by atoms with van der Waals surface area (Å²) in [4.78, 5) is 30.1. The van der Waals surface area contributed by atoms with Crippen LogP contribution in [0.15, 0.2) is 42.6 Å². The van der Waals surface area contributed by atoms with E-state index in [1.807, 2.05) is 28.8 Å². The lowest BCUT2D eigenvalue weighted by atomic mass is 10.1. The lowest BCUT2D eigenvalue weighted by Crippen LogP contribution is -2.27. The number of nitrogens with zero attached hydrogens (tertiary/aromatic N) is 2. The Bertz CT molecular complexity index is 1160. The molecule has 1 aliphatic rings. The van der Waals surface area contributed by atoms with Gasteiger partial charge in [-0.3, -0.25) is 4.79 Å². The Kier molecular flexibility index (Phi) is 8.33. The molecule has 1 saturated heterocycles. The smallest absolute Gasteiger partial charge is 0.356 e. The van der Waals surface area contributed by atoms with Crippen molar-refractivity contribution in [2.24, 2.45) is 0 Å². The SMILES string of the molecule is COCC(=O)Nc1c(C(=O)OC)n(CCCc2ccccc2)c2ncc(NC3CCOCC3)cc12. The first kappa shape index (κ1) is 24.7. The molecule has 1 amide bonds. The summed E-state index contributed by atoms with van der Waals surface area (Å²) in [6, 6.07) is 12.4. The molecule has 0 atom stereocenters. The van der Waals surface area contributed by atoms with E-state index >= 15 is 0 Å². The fourth-order valence-corrected chi connectivity index (χ4v) is 4.43. The van der Waals surface area contributed by atoms with Crippen molar-refractivity contribution in [3.63, 3.8) is 0 Å². The summed E-state index contributed by atoms with van der Waals surface area (Å²) in [5, 5.41) is 7.04. The maximum atomic E-state index is 12.9. The van der Waals surface area contributed by atoms with Crippen LogP contribution in [0, 0.1) is 0 Å². The van der Waals surface area contributed by atoms with Crippen molar-refractivity contribution >= 4 is 34.3 Å². The molecule has 0 unspecified atom stereocenters. The third-order valence-electron chi connectivity index (χ3n) is 6.10. The van der Waals surface area contributed by atoms with Crippen molar-refractivity contribution in [2.45, 2.75) is 38.3 Å². The lowest BCUT2D eigenvalue weighted by Gasteiger charge is -2.24. The molecule has 1 fully saturated rings. The zero-order valence-electron chi connectivity index (χ0n) is 20.2. The van der Waals surface area contributed by atoms with Gasteiger partial charge in [0.05, 0.1) is 24.7 Å². The number of fused-ring (bicyclic) bond motifs is 1. The molecule has 186 valence electrons. The van der Waals surface area contributed by atoms with Crippen molar-refractivity contribution < 1.29 is 23.8 Å². The number of hydrogen-bond acceptors (Lipinski definition) is 7. The van der Waals surface area contributed by atoms with Gasteiger partial charge in [0, 0.05) is 38.3 Å². The van der Waals surface area contributed by atoms with Gasteiger partial charge in [-0.05, 0) is 37.3 Å². The predicted molar refractivity (Wildman–Crippen MR) is 134 cm³/mol. The zero-order valence-corrected chi connectivity index (χ0v) is 20.2. The number of rotatable bonds is 10. The molecule has 9 nitrogen and oxygen atoms in total. The summed E-state index contributed by atoms with van der Waals surface area (Å²) in [6.45, 7) is 1.84. The fourth-order valence-electron chi connectivity index (χ4n) is 4.43. The molecule has 1 aliphatic heterocycles. The van der Waals surface area contributed by atoms with Crippen molar-refractivity contribution in [3.05, 3.63) is 53.9 Å². The normalized spacial score (nSPS) is 14.1. The summed E-state index contributed by atoms with van der Waals surface area (Å²) < 4.78 is 17.4. The van der Waals surface area contributed by atoms with Crippen LogP contribution in [0.5, 0.6) is 0 Å². The van der Waals surface area contributed by atoms with Gasteiger partial charge in [-0.1, -0.05) is 30.3 Å². The van der Waals surface area contributed by atoms with Gasteiger partial charge in [0.1, 0.15) is 12.3 Å². The monoisotopic (exact) mass is 480 g/mol. The van der Waals surface area contributed by atoms with Crippen LogP contribution in [-0.4, -0.2) is 61.5 Å². The van der Waals surface area contributed by atoms with Crippen molar-refractivity contribution in [1.29, 1.82) is 0 Å². The summed E-state index contributed by atoms with van der Waals surface area (Å²) in [5.74, 6) is -0.891. The van der Waals surface area contributed by atoms with Gasteiger partial charge in [0.2, 0.25) is 5.91 Å². The molecule has 0 aliphatic carbocycles. The number of methoxy groups -OCH3 is 2. The largest absolute Gasteiger partial charge is 0.464 e. The summed E-state index contributed by atoms with van der Waals surface area (Å²) >= 11 is 0. The Hall–Kier alpha value is -3.43. The number of aryl methyl sites for hydroxylation is 2. The van der Waals surface area contributed by atoms with Crippen LogP contribution in [0.3, 0.4) is 0 Å². The topological polar surface area (TPSA) is 104 Å². The minimum Gasteiger partial charge on any atom is -0.464 e. The summed E-state index contributed by atoms with van der Waals surface area (Å²) in [7, 11) is 2.78. The first-order valence-electron chi connectivity index (χ1n) is 11.9. The number of amides is 1. The van der Waals surface area contributed by atoms with E-state index in [0.29, 0.717) is 23.3 Å². The van der Waals surface area contributed by atoms with E-state index in [-0.39, 0.29) is 24.2 Å². The molecule has 2 N–H and O–H groups in total. The highest BCUT2D eigenvalue weighted by Crippen LogP contribution is 2.33. The Balaban J connectivity index is 1.71. The molecule has 2 aromatic heterocycles. The Morgan fingerprint density at radius 1 is 1.17 bits per heavy atom. The van der Waals surface area contributed by atoms with E-state index in [1.165, 1.54) is 19.8 Å². The van der Waals surface area contributed by atoms with Crippen LogP contribution < -0.4 is 10.6 Å². The molecular weight excluding hydrogens is 448 g/mol. The van der Waals surface area contributed by atoms with Gasteiger partial charge >= 0.3 is 5.97 Å². The van der Waals surface area contributed by atoms with Gasteiger partial charge in [-0.25, -0.2) is 9.78 Å². The number of benzene rings is 1. The molecule has 4 rings (SSSR count). The number of esters is 1. The van der Waals surface area contributed by atoms with Crippen LogP contribution in [0.25, 0.3) is 11.0 Å². The minimum atomic E-state index is -0.533. The fraction of sp³-hybridized carbons (Fsp3) is 0.423. The van der Waals surface area contributed by atoms with Crippen LogP contribution >= 0.6 is 0 Å². The standard InChI is InChI=1S/C26H32N4O5/c1-33-17-22(31)29-23-21-15-20(28-19-10-13-35-14-11-19)16-27-25(21)30(24(23)26(32)34-2)12-6-9-18-7-4-3-5-8-18/h3-5,7-8,15-16,19,28H,6,9-14,17H2,1-2H3,(H,29,31). The van der Waals surface area contributed by atoms with Gasteiger partial charge in [-0.15, -0.1) is 0 Å². The molecule has 0 bridgehead atoms. The number of nitrogens with one attached hydrogen (secondary N) is 2. The second kappa shape index (κ2) is 11.8. The number of ether oxygens (including phenoxy) is 3. The second-order valence-electron chi connectivity index (χ2n) is 8.56. The van der Waals surface area contributed by atoms with Crippen LogP contribution in [-0.2, 0) is 32.0 Å². The molecule has 0 saturated carbocycles. The van der Waals surface area contributed by atoms with Crippen molar-refractivity contribution in [2.75, 3.05) is 44.7 Å². The number of aromatic nitrogens is 2. The van der Waals surface area contributed by atoms with Crippen molar-refractivity contribution in [3.8, 4) is 0 Å². The van der Waals surface area contributed by atoms with E-state index < -0.39 is 5.97 Å². The maximum absolute atomic E-state index is 12.9. The average molecular weight is 481 g/mol. The quantitative estimate of drug-likeness (QED) is 0.427. The Morgan fingerprint density at radius 2 is 1.94 bits per heavy atom. The predicted octanol–water partition coefficient (Wildman–Crippen LogP) is 3.63. The van der Waals surface area contributed by atoms with Gasteiger partial charge < -0.3 is 29.4 Å². The highest BCUT2D eigenvalue weighted by Gasteiger charge is 2.26. The van der Waals surface area contributed by atoms with E-state index in [1.54, 1.807) is 6.20 Å². The minimum absolute atomic E-state index is 0.130. The number of anilines is 2. The zero-order chi connectivity index (χ0) is 24.6. The number of carbonyl (C=O) groups excluding carboxylic acids is 2. The summed E-state index contributed by atoms with van der Waals surface area (Å²) in [5.41, 5.74) is 3.31. The molecule has 3 heterocycles. The Labute approximate surface area is 204 Å². The van der Waals surface area contributed by atoms with E-state index in [9.17, 15) is 9.59 Å². The second-order valence-corrected chi connectivity index (χ2v) is 8.56. The molecule has 0 spiro atoms. The van der Waals surface area contributed by atoms with Crippen LogP contribution in [0.1, 0.15) is 35.3 Å². The highest BCUT2D eigenvalue weighted by atomic mass is 16.5. The Morgan fingerprint density at radius 3 is 2.66 bits per heavy atom. The first-order chi connectivity index (χ1) is 17.1. The molecule has 9 heteroatoms. The number of hydrogen-bond donors (Lipinski definition) is 2. The van der Waals surface area contributed by atoms with E-state index in [2.05, 4.69) is 22.8 Å². The molecule has 1 aromatic carbocycles. The molecule has 3 aromatic rings. The van der Waals surface area contributed by atoms with Gasteiger partial charge in [0.15, 0.2) is 5.69 Å². The van der Waals surface area contributed by atoms with E-state index in [0.717, 1.165) is 44.6 Å². The van der Waals surface area contributed by atoms with Gasteiger partial charge in [-0.2, -0.15) is 0 Å². The number of pyridine rings is 1. The molecule has 0 radical (unpaired) electrons. The average Bonchev–Trinajstić information content (AvgIpc) is 3.17. The van der Waals surface area contributed by atoms with Crippen LogP contribution in [0.2, 0.25) is 0 Å². The molecular formula is C26H32N4O5. The first-order valence-corrected chi connectivity index (χ1v) is 11.9. The van der Waals surface area contributed by atoms with E-state index in [4.69, 9.17) is 19.2 Å². The lowest BCUT2D eigenvalue weighted by molar-refractivity contribution is -0.119. The van der Waals surface area contributed by atoms with Crippen molar-refractivity contribution in [1.82, 2.24) is 9.55 Å². The third kappa shape index (κ3) is 5.98.